The number of carbonyl (C=O) groups excluding carboxylic acids is 2. The molecule has 5 nitrogen and oxygen atoms in total. The largest absolute Gasteiger partial charge is 0.355 e. The van der Waals surface area contributed by atoms with Crippen molar-refractivity contribution in [2.75, 3.05) is 31.6 Å². The van der Waals surface area contributed by atoms with E-state index in [0.29, 0.717) is 25.6 Å². The van der Waals surface area contributed by atoms with Gasteiger partial charge in [0.2, 0.25) is 11.8 Å². The third-order valence-corrected chi connectivity index (χ3v) is 5.09. The maximum absolute atomic E-state index is 12.4. The Morgan fingerprint density at radius 1 is 1.33 bits per heavy atom. The Morgan fingerprint density at radius 3 is 2.79 bits per heavy atom. The predicted octanol–water partition coefficient (Wildman–Crippen LogP) is 1.81. The lowest BCUT2D eigenvalue weighted by Crippen LogP contribution is -2.38. The lowest BCUT2D eigenvalue weighted by Gasteiger charge is -2.20. The van der Waals surface area contributed by atoms with Crippen LogP contribution >= 0.6 is 0 Å². The summed E-state index contributed by atoms with van der Waals surface area (Å²) < 4.78 is 0. The average molecular weight is 329 g/mol. The van der Waals surface area contributed by atoms with Crippen molar-refractivity contribution in [2.24, 2.45) is 5.92 Å². The Hall–Kier alpha value is -1.88. The summed E-state index contributed by atoms with van der Waals surface area (Å²) in [5.74, 6) is -0.191. The monoisotopic (exact) mass is 329 g/mol. The summed E-state index contributed by atoms with van der Waals surface area (Å²) in [6, 6.07) is 8.66. The predicted molar refractivity (Wildman–Crippen MR) is 94.9 cm³/mol. The molecule has 2 aliphatic rings. The van der Waals surface area contributed by atoms with Crippen molar-refractivity contribution < 1.29 is 9.59 Å². The standard InChI is InChI=1S/C19H27N3O2/c1-3-14-6-4-5-7-17(14)22-13-15(12-18(22)23)19(24)20-10-11-21(2)16-8-9-16/h4-7,15-16H,3,8-13H2,1-2H3,(H,20,24)/t15-/m1/s1. The minimum absolute atomic E-state index is 0.00373. The van der Waals surface area contributed by atoms with E-state index in [2.05, 4.69) is 24.2 Å². The molecule has 5 heteroatoms. The van der Waals surface area contributed by atoms with Gasteiger partial charge >= 0.3 is 0 Å². The number of para-hydroxylation sites is 1. The van der Waals surface area contributed by atoms with E-state index in [1.165, 1.54) is 12.8 Å². The number of anilines is 1. The second kappa shape index (κ2) is 7.34. The second-order valence-electron chi connectivity index (χ2n) is 6.89. The van der Waals surface area contributed by atoms with Crippen LogP contribution in [0.25, 0.3) is 0 Å². The topological polar surface area (TPSA) is 52.7 Å². The number of hydrogen-bond acceptors (Lipinski definition) is 3. The SMILES string of the molecule is CCc1ccccc1N1C[C@H](C(=O)NCCN(C)C2CC2)CC1=O. The summed E-state index contributed by atoms with van der Waals surface area (Å²) >= 11 is 0. The van der Waals surface area contributed by atoms with Crippen LogP contribution in [-0.2, 0) is 16.0 Å². The van der Waals surface area contributed by atoms with Crippen LogP contribution in [0.5, 0.6) is 0 Å². The molecule has 0 radical (unpaired) electrons. The van der Waals surface area contributed by atoms with E-state index in [1.54, 1.807) is 4.90 Å². The minimum atomic E-state index is -0.242. The molecular weight excluding hydrogens is 302 g/mol. The highest BCUT2D eigenvalue weighted by Gasteiger charge is 2.35. The van der Waals surface area contributed by atoms with E-state index in [-0.39, 0.29) is 17.7 Å². The van der Waals surface area contributed by atoms with Gasteiger partial charge in [-0.1, -0.05) is 25.1 Å². The first-order chi connectivity index (χ1) is 11.6. The molecule has 1 aliphatic heterocycles. The summed E-state index contributed by atoms with van der Waals surface area (Å²) in [6.45, 7) is 4.10. The third kappa shape index (κ3) is 3.78. The fourth-order valence-electron chi connectivity index (χ4n) is 3.39. The van der Waals surface area contributed by atoms with Crippen LogP contribution in [-0.4, -0.2) is 49.4 Å². The van der Waals surface area contributed by atoms with Gasteiger partial charge in [0.25, 0.3) is 0 Å². The quantitative estimate of drug-likeness (QED) is 0.830. The zero-order chi connectivity index (χ0) is 17.1. The van der Waals surface area contributed by atoms with Gasteiger partial charge in [0.05, 0.1) is 5.92 Å². The van der Waals surface area contributed by atoms with Gasteiger partial charge in [-0.2, -0.15) is 0 Å². The molecule has 2 amide bonds. The van der Waals surface area contributed by atoms with Crippen molar-refractivity contribution in [1.82, 2.24) is 10.2 Å². The summed E-state index contributed by atoms with van der Waals surface area (Å²) in [4.78, 5) is 28.8. The molecule has 130 valence electrons. The first kappa shape index (κ1) is 17.0. The summed E-state index contributed by atoms with van der Waals surface area (Å²) in [6.07, 6.45) is 3.73. The fourth-order valence-corrected chi connectivity index (χ4v) is 3.39. The molecular formula is C19H27N3O2. The van der Waals surface area contributed by atoms with E-state index >= 15 is 0 Å². The smallest absolute Gasteiger partial charge is 0.227 e. The molecule has 1 heterocycles. The van der Waals surface area contributed by atoms with Crippen molar-refractivity contribution in [1.29, 1.82) is 0 Å². The van der Waals surface area contributed by atoms with Crippen LogP contribution in [0.2, 0.25) is 0 Å². The molecule has 1 aliphatic carbocycles. The normalized spacial score (nSPS) is 20.7. The van der Waals surface area contributed by atoms with Crippen molar-refractivity contribution in [3.8, 4) is 0 Å². The van der Waals surface area contributed by atoms with Gasteiger partial charge in [-0.15, -0.1) is 0 Å². The van der Waals surface area contributed by atoms with Gasteiger partial charge in [-0.05, 0) is 37.9 Å². The zero-order valence-corrected chi connectivity index (χ0v) is 14.6. The Kier molecular flexibility index (Phi) is 5.19. The van der Waals surface area contributed by atoms with Crippen LogP contribution in [0.3, 0.4) is 0 Å². The summed E-state index contributed by atoms with van der Waals surface area (Å²) in [7, 11) is 2.10. The molecule has 2 fully saturated rings. The molecule has 3 rings (SSSR count). The first-order valence-corrected chi connectivity index (χ1v) is 8.96. The van der Waals surface area contributed by atoms with Crippen LogP contribution < -0.4 is 10.2 Å². The van der Waals surface area contributed by atoms with Crippen LogP contribution in [0.1, 0.15) is 31.7 Å². The van der Waals surface area contributed by atoms with Gasteiger partial charge in [0.15, 0.2) is 0 Å². The number of hydrogen-bond donors (Lipinski definition) is 1. The summed E-state index contributed by atoms with van der Waals surface area (Å²) in [5.41, 5.74) is 2.10. The average Bonchev–Trinajstić information content (AvgIpc) is 3.37. The first-order valence-electron chi connectivity index (χ1n) is 8.96. The Labute approximate surface area is 144 Å². The number of nitrogens with one attached hydrogen (secondary N) is 1. The molecule has 1 saturated carbocycles. The molecule has 1 saturated heterocycles. The van der Waals surface area contributed by atoms with Crippen molar-refractivity contribution in [3.05, 3.63) is 29.8 Å². The molecule has 1 aromatic carbocycles. The number of aryl methyl sites for hydroxylation is 1. The Balaban J connectivity index is 1.54. The molecule has 0 spiro atoms. The molecule has 0 unspecified atom stereocenters. The minimum Gasteiger partial charge on any atom is -0.355 e. The fraction of sp³-hybridized carbons (Fsp3) is 0.579. The Bertz CT molecular complexity index is 612. The van der Waals surface area contributed by atoms with Gasteiger partial charge in [0.1, 0.15) is 0 Å². The lowest BCUT2D eigenvalue weighted by molar-refractivity contribution is -0.126. The van der Waals surface area contributed by atoms with Crippen molar-refractivity contribution in [2.45, 2.75) is 38.6 Å². The van der Waals surface area contributed by atoms with E-state index in [1.807, 2.05) is 24.3 Å². The third-order valence-electron chi connectivity index (χ3n) is 5.09. The number of carbonyl (C=O) groups is 2. The molecule has 1 N–H and O–H groups in total. The number of rotatable bonds is 7. The van der Waals surface area contributed by atoms with Crippen molar-refractivity contribution >= 4 is 17.5 Å². The van der Waals surface area contributed by atoms with Crippen LogP contribution in [0, 0.1) is 5.92 Å². The molecule has 0 bridgehead atoms. The molecule has 0 aromatic heterocycles. The highest BCUT2D eigenvalue weighted by Crippen LogP contribution is 2.28. The second-order valence-corrected chi connectivity index (χ2v) is 6.89. The molecule has 1 aromatic rings. The van der Waals surface area contributed by atoms with Crippen molar-refractivity contribution in [3.63, 3.8) is 0 Å². The van der Waals surface area contributed by atoms with Gasteiger partial charge in [0, 0.05) is 37.8 Å². The number of likely N-dealkylation sites (N-methyl/N-ethyl adjacent to an activating group) is 1. The van der Waals surface area contributed by atoms with E-state index < -0.39 is 0 Å². The maximum Gasteiger partial charge on any atom is 0.227 e. The van der Waals surface area contributed by atoms with Crippen LogP contribution in [0.4, 0.5) is 5.69 Å². The summed E-state index contributed by atoms with van der Waals surface area (Å²) in [5, 5.41) is 3.00. The zero-order valence-electron chi connectivity index (χ0n) is 14.6. The van der Waals surface area contributed by atoms with Gasteiger partial charge < -0.3 is 15.1 Å². The highest BCUT2D eigenvalue weighted by atomic mass is 16.2. The lowest BCUT2D eigenvalue weighted by atomic mass is 10.1. The van der Waals surface area contributed by atoms with E-state index in [4.69, 9.17) is 0 Å². The van der Waals surface area contributed by atoms with Gasteiger partial charge in [-0.3, -0.25) is 9.59 Å². The van der Waals surface area contributed by atoms with Gasteiger partial charge in [-0.25, -0.2) is 0 Å². The number of amides is 2. The van der Waals surface area contributed by atoms with E-state index in [9.17, 15) is 9.59 Å². The highest BCUT2D eigenvalue weighted by molar-refractivity contribution is 6.00. The van der Waals surface area contributed by atoms with E-state index in [0.717, 1.165) is 24.2 Å². The maximum atomic E-state index is 12.4. The van der Waals surface area contributed by atoms with Crippen LogP contribution in [0.15, 0.2) is 24.3 Å². The number of benzene rings is 1. The molecule has 24 heavy (non-hydrogen) atoms. The number of nitrogens with zero attached hydrogens (tertiary/aromatic N) is 2. The molecule has 1 atom stereocenters. The Morgan fingerprint density at radius 2 is 2.08 bits per heavy atom.